The van der Waals surface area contributed by atoms with Crippen LogP contribution in [0, 0.1) is 0 Å². The maximum atomic E-state index is 12.5. The maximum absolute atomic E-state index is 12.5. The molecule has 0 atom stereocenters. The first-order valence-corrected chi connectivity index (χ1v) is 7.36. The molecule has 0 bridgehead atoms. The average molecular weight is 302 g/mol. The minimum Gasteiger partial charge on any atom is -0.336 e. The number of fused-ring (bicyclic) bond motifs is 1. The molecular weight excluding hydrogens is 284 g/mol. The number of aromatic amines is 2. The number of benzene rings is 1. The molecule has 1 aliphatic heterocycles. The number of piperazine rings is 1. The van der Waals surface area contributed by atoms with Gasteiger partial charge in [-0.2, -0.15) is 0 Å². The highest BCUT2D eigenvalue weighted by molar-refractivity contribution is 5.97. The Bertz CT molecular complexity index is 815. The number of aromatic nitrogens is 2. The minimum absolute atomic E-state index is 0.0512. The summed E-state index contributed by atoms with van der Waals surface area (Å²) in [6.45, 7) is 6.25. The van der Waals surface area contributed by atoms with Crippen LogP contribution in [0.15, 0.2) is 27.8 Å². The van der Waals surface area contributed by atoms with Crippen LogP contribution in [0.2, 0.25) is 0 Å². The molecule has 3 rings (SSSR count). The molecule has 1 amide bonds. The Morgan fingerprint density at radius 2 is 1.68 bits per heavy atom. The summed E-state index contributed by atoms with van der Waals surface area (Å²) in [4.78, 5) is 44.3. The quantitative estimate of drug-likeness (QED) is 0.764. The molecule has 22 heavy (non-hydrogen) atoms. The van der Waals surface area contributed by atoms with E-state index >= 15 is 0 Å². The van der Waals surface area contributed by atoms with E-state index in [9.17, 15) is 14.4 Å². The fourth-order valence-electron chi connectivity index (χ4n) is 2.70. The number of likely N-dealkylation sites (N-methyl/N-ethyl adjacent to an activating group) is 1. The van der Waals surface area contributed by atoms with Crippen LogP contribution in [0.1, 0.15) is 17.3 Å². The normalized spacial score (nSPS) is 16.1. The molecule has 1 saturated heterocycles. The van der Waals surface area contributed by atoms with Crippen LogP contribution in [0.25, 0.3) is 11.0 Å². The van der Waals surface area contributed by atoms with Gasteiger partial charge in [0.2, 0.25) is 0 Å². The Morgan fingerprint density at radius 3 is 2.32 bits per heavy atom. The second-order valence-electron chi connectivity index (χ2n) is 5.40. The number of H-pyrrole nitrogens is 2. The molecule has 7 heteroatoms. The zero-order valence-electron chi connectivity index (χ0n) is 12.4. The van der Waals surface area contributed by atoms with Crippen molar-refractivity contribution < 1.29 is 4.79 Å². The predicted molar refractivity (Wildman–Crippen MR) is 83.2 cm³/mol. The van der Waals surface area contributed by atoms with Crippen LogP contribution >= 0.6 is 0 Å². The smallest absolute Gasteiger partial charge is 0.314 e. The van der Waals surface area contributed by atoms with Crippen LogP contribution in [-0.2, 0) is 0 Å². The van der Waals surface area contributed by atoms with Gasteiger partial charge in [0.05, 0.1) is 11.0 Å². The fourth-order valence-corrected chi connectivity index (χ4v) is 2.70. The van der Waals surface area contributed by atoms with Crippen LogP contribution in [0.3, 0.4) is 0 Å². The van der Waals surface area contributed by atoms with E-state index in [4.69, 9.17) is 0 Å². The van der Waals surface area contributed by atoms with Gasteiger partial charge in [-0.05, 0) is 24.7 Å². The second kappa shape index (κ2) is 5.76. The fraction of sp³-hybridized carbons (Fsp3) is 0.400. The SMILES string of the molecule is CCN1CCN(C(=O)c2ccc3[nH]c(=O)c(=O)[nH]c3c2)CC1. The van der Waals surface area contributed by atoms with E-state index in [1.165, 1.54) is 0 Å². The second-order valence-corrected chi connectivity index (χ2v) is 5.40. The van der Waals surface area contributed by atoms with Gasteiger partial charge in [0.15, 0.2) is 0 Å². The van der Waals surface area contributed by atoms with E-state index in [1.807, 2.05) is 4.90 Å². The van der Waals surface area contributed by atoms with Gasteiger partial charge in [0, 0.05) is 31.7 Å². The van der Waals surface area contributed by atoms with Gasteiger partial charge in [-0.1, -0.05) is 6.92 Å². The first-order chi connectivity index (χ1) is 10.6. The minimum atomic E-state index is -0.714. The summed E-state index contributed by atoms with van der Waals surface area (Å²) in [5.41, 5.74) is 0.0793. The number of nitrogens with one attached hydrogen (secondary N) is 2. The van der Waals surface area contributed by atoms with Crippen molar-refractivity contribution in [3.63, 3.8) is 0 Å². The summed E-state index contributed by atoms with van der Waals surface area (Å²) in [5.74, 6) is -0.0512. The third-order valence-electron chi connectivity index (χ3n) is 4.08. The van der Waals surface area contributed by atoms with E-state index < -0.39 is 11.1 Å². The Hall–Kier alpha value is -2.41. The van der Waals surface area contributed by atoms with Crippen molar-refractivity contribution in [3.8, 4) is 0 Å². The van der Waals surface area contributed by atoms with Crippen molar-refractivity contribution in [1.29, 1.82) is 0 Å². The highest BCUT2D eigenvalue weighted by Crippen LogP contribution is 2.13. The van der Waals surface area contributed by atoms with Crippen molar-refractivity contribution in [2.75, 3.05) is 32.7 Å². The average Bonchev–Trinajstić information content (AvgIpc) is 2.55. The lowest BCUT2D eigenvalue weighted by Gasteiger charge is -2.34. The summed E-state index contributed by atoms with van der Waals surface area (Å²) in [6.07, 6.45) is 0. The number of carbonyl (C=O) groups excluding carboxylic acids is 1. The van der Waals surface area contributed by atoms with Crippen LogP contribution in [-0.4, -0.2) is 58.4 Å². The number of nitrogens with zero attached hydrogens (tertiary/aromatic N) is 2. The molecular formula is C15H18N4O3. The van der Waals surface area contributed by atoms with Crippen molar-refractivity contribution >= 4 is 16.9 Å². The van der Waals surface area contributed by atoms with Gasteiger partial charge < -0.3 is 19.8 Å². The van der Waals surface area contributed by atoms with Gasteiger partial charge in [0.25, 0.3) is 5.91 Å². The zero-order valence-corrected chi connectivity index (χ0v) is 12.4. The van der Waals surface area contributed by atoms with Crippen molar-refractivity contribution in [1.82, 2.24) is 19.8 Å². The van der Waals surface area contributed by atoms with E-state index in [2.05, 4.69) is 21.8 Å². The van der Waals surface area contributed by atoms with Crippen molar-refractivity contribution in [2.45, 2.75) is 6.92 Å². The highest BCUT2D eigenvalue weighted by atomic mass is 16.2. The third kappa shape index (κ3) is 2.67. The van der Waals surface area contributed by atoms with E-state index in [-0.39, 0.29) is 5.91 Å². The van der Waals surface area contributed by atoms with Gasteiger partial charge in [-0.3, -0.25) is 14.4 Å². The Morgan fingerprint density at radius 1 is 1.05 bits per heavy atom. The molecule has 1 aliphatic rings. The van der Waals surface area contributed by atoms with E-state index in [1.54, 1.807) is 18.2 Å². The molecule has 1 aromatic heterocycles. The maximum Gasteiger partial charge on any atom is 0.314 e. The van der Waals surface area contributed by atoms with E-state index in [0.29, 0.717) is 29.7 Å². The van der Waals surface area contributed by atoms with Crippen molar-refractivity contribution in [2.24, 2.45) is 0 Å². The predicted octanol–water partition coefficient (Wildman–Crippen LogP) is -0.00590. The van der Waals surface area contributed by atoms with E-state index in [0.717, 1.165) is 19.6 Å². The molecule has 0 radical (unpaired) electrons. The molecule has 0 aliphatic carbocycles. The molecule has 1 fully saturated rings. The summed E-state index contributed by atoms with van der Waals surface area (Å²) in [7, 11) is 0. The Labute approximate surface area is 126 Å². The molecule has 1 aromatic carbocycles. The standard InChI is InChI=1S/C15H18N4O3/c1-2-18-5-7-19(8-6-18)15(22)10-3-4-11-12(9-10)17-14(21)13(20)16-11/h3-4,9H,2,5-8H2,1H3,(H,16,20)(H,17,21). The van der Waals surface area contributed by atoms with Crippen LogP contribution in [0.4, 0.5) is 0 Å². The molecule has 7 nitrogen and oxygen atoms in total. The summed E-state index contributed by atoms with van der Waals surface area (Å²) >= 11 is 0. The summed E-state index contributed by atoms with van der Waals surface area (Å²) in [6, 6.07) is 4.93. The number of hydrogen-bond acceptors (Lipinski definition) is 4. The molecule has 0 unspecified atom stereocenters. The Kier molecular flexibility index (Phi) is 3.81. The topological polar surface area (TPSA) is 89.3 Å². The molecule has 0 spiro atoms. The first-order valence-electron chi connectivity index (χ1n) is 7.36. The lowest BCUT2D eigenvalue weighted by molar-refractivity contribution is 0.0643. The molecule has 2 N–H and O–H groups in total. The molecule has 0 saturated carbocycles. The lowest BCUT2D eigenvalue weighted by Crippen LogP contribution is -2.48. The molecule has 2 heterocycles. The number of carbonyl (C=O) groups is 1. The highest BCUT2D eigenvalue weighted by Gasteiger charge is 2.21. The van der Waals surface area contributed by atoms with Gasteiger partial charge in [-0.25, -0.2) is 0 Å². The molecule has 116 valence electrons. The van der Waals surface area contributed by atoms with Gasteiger partial charge >= 0.3 is 11.1 Å². The lowest BCUT2D eigenvalue weighted by atomic mass is 10.1. The summed E-state index contributed by atoms with van der Waals surface area (Å²) < 4.78 is 0. The van der Waals surface area contributed by atoms with Crippen LogP contribution < -0.4 is 11.1 Å². The number of amides is 1. The monoisotopic (exact) mass is 302 g/mol. The Balaban J connectivity index is 1.87. The molecule has 2 aromatic rings. The third-order valence-corrected chi connectivity index (χ3v) is 4.08. The largest absolute Gasteiger partial charge is 0.336 e. The summed E-state index contributed by atoms with van der Waals surface area (Å²) in [5, 5.41) is 0. The zero-order chi connectivity index (χ0) is 15.7. The van der Waals surface area contributed by atoms with Gasteiger partial charge in [0.1, 0.15) is 0 Å². The number of hydrogen-bond donors (Lipinski definition) is 2. The van der Waals surface area contributed by atoms with Gasteiger partial charge in [-0.15, -0.1) is 0 Å². The first kappa shape index (κ1) is 14.5. The van der Waals surface area contributed by atoms with Crippen molar-refractivity contribution in [3.05, 3.63) is 44.5 Å². The number of rotatable bonds is 2. The van der Waals surface area contributed by atoms with Crippen LogP contribution in [0.5, 0.6) is 0 Å².